The number of carbonyl (C=O) groups excluding carboxylic acids is 1. The predicted molar refractivity (Wildman–Crippen MR) is 55.3 cm³/mol. The first kappa shape index (κ1) is 8.95. The molecule has 1 aliphatic carbocycles. The Morgan fingerprint density at radius 2 is 2.13 bits per heavy atom. The Kier molecular flexibility index (Phi) is 2.01. The third-order valence-corrected chi connectivity index (χ3v) is 3.76. The number of amides is 1. The second-order valence-electron chi connectivity index (χ2n) is 4.65. The Morgan fingerprint density at radius 1 is 1.40 bits per heavy atom. The van der Waals surface area contributed by atoms with E-state index in [2.05, 4.69) is 10.2 Å². The molecule has 1 aromatic rings. The van der Waals surface area contributed by atoms with Gasteiger partial charge >= 0.3 is 0 Å². The number of nitrogens with one attached hydrogen (secondary N) is 1. The second kappa shape index (κ2) is 3.36. The minimum Gasteiger partial charge on any atom is -0.338 e. The zero-order chi connectivity index (χ0) is 10.3. The summed E-state index contributed by atoms with van der Waals surface area (Å²) in [6.45, 7) is 1.91. The average Bonchev–Trinajstić information content (AvgIpc) is 2.92. The minimum absolute atomic E-state index is 0.137. The number of nitrogens with zero attached hydrogens (tertiary/aromatic N) is 2. The third kappa shape index (κ3) is 1.44. The molecule has 1 saturated heterocycles. The Bertz CT molecular complexity index is 348. The molecule has 3 rings (SSSR count). The van der Waals surface area contributed by atoms with E-state index in [1.165, 1.54) is 19.3 Å². The van der Waals surface area contributed by atoms with Crippen molar-refractivity contribution in [3.8, 4) is 0 Å². The Balaban J connectivity index is 1.72. The lowest BCUT2D eigenvalue weighted by Crippen LogP contribution is -2.29. The number of likely N-dealkylation sites (tertiary alicyclic amines) is 1. The molecule has 2 fully saturated rings. The van der Waals surface area contributed by atoms with Gasteiger partial charge in [-0.1, -0.05) is 6.42 Å². The van der Waals surface area contributed by atoms with E-state index in [1.54, 1.807) is 12.4 Å². The van der Waals surface area contributed by atoms with E-state index in [9.17, 15) is 4.79 Å². The van der Waals surface area contributed by atoms with Crippen molar-refractivity contribution >= 4 is 5.91 Å². The van der Waals surface area contributed by atoms with Crippen molar-refractivity contribution in [1.82, 2.24) is 15.1 Å². The molecule has 0 aromatic carbocycles. The average molecular weight is 205 g/mol. The maximum absolute atomic E-state index is 12.0. The summed E-state index contributed by atoms with van der Waals surface area (Å²) in [4.78, 5) is 14.0. The van der Waals surface area contributed by atoms with Crippen molar-refractivity contribution in [3.63, 3.8) is 0 Å². The molecule has 15 heavy (non-hydrogen) atoms. The highest BCUT2D eigenvalue weighted by molar-refractivity contribution is 5.93. The third-order valence-electron chi connectivity index (χ3n) is 3.76. The van der Waals surface area contributed by atoms with Crippen LogP contribution in [0.4, 0.5) is 0 Å². The molecule has 0 radical (unpaired) electrons. The van der Waals surface area contributed by atoms with E-state index in [0.717, 1.165) is 24.9 Å². The SMILES string of the molecule is O=C(c1cn[nH]c1)N1CC2CCCC2C1. The smallest absolute Gasteiger partial charge is 0.257 e. The van der Waals surface area contributed by atoms with E-state index in [-0.39, 0.29) is 5.91 Å². The van der Waals surface area contributed by atoms with Gasteiger partial charge in [0.25, 0.3) is 5.91 Å². The summed E-state index contributed by atoms with van der Waals surface area (Å²) in [5.74, 6) is 1.67. The highest BCUT2D eigenvalue weighted by Crippen LogP contribution is 2.38. The van der Waals surface area contributed by atoms with Crippen molar-refractivity contribution in [3.05, 3.63) is 18.0 Å². The van der Waals surface area contributed by atoms with Crippen molar-refractivity contribution in [2.24, 2.45) is 11.8 Å². The lowest BCUT2D eigenvalue weighted by molar-refractivity contribution is 0.0781. The number of hydrogen-bond acceptors (Lipinski definition) is 2. The van der Waals surface area contributed by atoms with Crippen LogP contribution in [0.1, 0.15) is 29.6 Å². The van der Waals surface area contributed by atoms with Gasteiger partial charge in [-0.2, -0.15) is 5.10 Å². The number of hydrogen-bond donors (Lipinski definition) is 1. The molecule has 1 aliphatic heterocycles. The van der Waals surface area contributed by atoms with E-state index >= 15 is 0 Å². The molecule has 1 N–H and O–H groups in total. The first-order chi connectivity index (χ1) is 7.34. The van der Waals surface area contributed by atoms with Gasteiger partial charge in [-0.15, -0.1) is 0 Å². The molecule has 0 bridgehead atoms. The van der Waals surface area contributed by atoms with Gasteiger partial charge in [-0.3, -0.25) is 9.89 Å². The first-order valence-corrected chi connectivity index (χ1v) is 5.62. The molecule has 1 aromatic heterocycles. The maximum Gasteiger partial charge on any atom is 0.257 e. The molecule has 2 unspecified atom stereocenters. The fourth-order valence-electron chi connectivity index (χ4n) is 2.95. The molecular weight excluding hydrogens is 190 g/mol. The molecule has 2 aliphatic rings. The molecule has 2 heterocycles. The number of fused-ring (bicyclic) bond motifs is 1. The summed E-state index contributed by atoms with van der Waals surface area (Å²) < 4.78 is 0. The molecule has 1 saturated carbocycles. The summed E-state index contributed by atoms with van der Waals surface area (Å²) in [6, 6.07) is 0. The van der Waals surface area contributed by atoms with E-state index in [4.69, 9.17) is 0 Å². The van der Waals surface area contributed by atoms with E-state index in [1.807, 2.05) is 4.90 Å². The van der Waals surface area contributed by atoms with Crippen molar-refractivity contribution in [2.45, 2.75) is 19.3 Å². The van der Waals surface area contributed by atoms with Crippen LogP contribution in [-0.4, -0.2) is 34.1 Å². The largest absolute Gasteiger partial charge is 0.338 e. The van der Waals surface area contributed by atoms with Crippen LogP contribution in [0.15, 0.2) is 12.4 Å². The summed E-state index contributed by atoms with van der Waals surface area (Å²) in [6.07, 6.45) is 7.25. The van der Waals surface area contributed by atoms with Gasteiger partial charge in [0.05, 0.1) is 11.8 Å². The normalized spacial score (nSPS) is 29.5. The monoisotopic (exact) mass is 205 g/mol. The Morgan fingerprint density at radius 3 is 2.73 bits per heavy atom. The summed E-state index contributed by atoms with van der Waals surface area (Å²) in [7, 11) is 0. The van der Waals surface area contributed by atoms with Crippen LogP contribution in [0.25, 0.3) is 0 Å². The van der Waals surface area contributed by atoms with Crippen molar-refractivity contribution < 1.29 is 4.79 Å². The summed E-state index contributed by atoms with van der Waals surface area (Å²) >= 11 is 0. The highest BCUT2D eigenvalue weighted by Gasteiger charge is 2.38. The van der Waals surface area contributed by atoms with Crippen LogP contribution in [0.5, 0.6) is 0 Å². The molecular formula is C11H15N3O. The second-order valence-corrected chi connectivity index (χ2v) is 4.65. The fourth-order valence-corrected chi connectivity index (χ4v) is 2.95. The zero-order valence-corrected chi connectivity index (χ0v) is 8.65. The standard InChI is InChI=1S/C11H15N3O/c15-11(10-4-12-13-5-10)14-6-8-2-1-3-9(8)7-14/h4-5,8-9H,1-3,6-7H2,(H,12,13). The van der Waals surface area contributed by atoms with Gasteiger partial charge in [0.15, 0.2) is 0 Å². The van der Waals surface area contributed by atoms with Gasteiger partial charge in [-0.05, 0) is 24.7 Å². The number of rotatable bonds is 1. The van der Waals surface area contributed by atoms with Crippen LogP contribution >= 0.6 is 0 Å². The number of carbonyl (C=O) groups is 1. The topological polar surface area (TPSA) is 49.0 Å². The highest BCUT2D eigenvalue weighted by atomic mass is 16.2. The van der Waals surface area contributed by atoms with Gasteiger partial charge in [0.1, 0.15) is 0 Å². The predicted octanol–water partition coefficient (Wildman–Crippen LogP) is 1.28. The Labute approximate surface area is 88.7 Å². The minimum atomic E-state index is 0.137. The van der Waals surface area contributed by atoms with E-state index < -0.39 is 0 Å². The van der Waals surface area contributed by atoms with Crippen LogP contribution in [0, 0.1) is 11.8 Å². The lowest BCUT2D eigenvalue weighted by Gasteiger charge is -2.15. The molecule has 1 amide bonds. The van der Waals surface area contributed by atoms with Crippen LogP contribution in [0.3, 0.4) is 0 Å². The fraction of sp³-hybridized carbons (Fsp3) is 0.636. The van der Waals surface area contributed by atoms with Gasteiger partial charge < -0.3 is 4.90 Å². The molecule has 80 valence electrons. The van der Waals surface area contributed by atoms with Gasteiger partial charge in [-0.25, -0.2) is 0 Å². The van der Waals surface area contributed by atoms with Crippen LogP contribution < -0.4 is 0 Å². The van der Waals surface area contributed by atoms with Gasteiger partial charge in [0.2, 0.25) is 0 Å². The van der Waals surface area contributed by atoms with Gasteiger partial charge in [0, 0.05) is 19.3 Å². The number of aromatic nitrogens is 2. The number of H-pyrrole nitrogens is 1. The van der Waals surface area contributed by atoms with Crippen LogP contribution in [0.2, 0.25) is 0 Å². The van der Waals surface area contributed by atoms with Crippen LogP contribution in [-0.2, 0) is 0 Å². The van der Waals surface area contributed by atoms with Crippen molar-refractivity contribution in [2.75, 3.05) is 13.1 Å². The molecule has 4 heteroatoms. The molecule has 0 spiro atoms. The lowest BCUT2D eigenvalue weighted by atomic mass is 10.0. The summed E-state index contributed by atoms with van der Waals surface area (Å²) in [5, 5.41) is 6.50. The zero-order valence-electron chi connectivity index (χ0n) is 8.65. The molecule has 2 atom stereocenters. The number of aromatic amines is 1. The maximum atomic E-state index is 12.0. The quantitative estimate of drug-likeness (QED) is 0.750. The summed E-state index contributed by atoms with van der Waals surface area (Å²) in [5.41, 5.74) is 0.690. The molecule has 4 nitrogen and oxygen atoms in total. The Hall–Kier alpha value is -1.32. The van der Waals surface area contributed by atoms with E-state index in [0.29, 0.717) is 5.56 Å². The first-order valence-electron chi connectivity index (χ1n) is 5.62. The van der Waals surface area contributed by atoms with Crippen molar-refractivity contribution in [1.29, 1.82) is 0 Å².